The van der Waals surface area contributed by atoms with Crippen LogP contribution in [0.1, 0.15) is 30.1 Å². The molecule has 1 aromatic rings. The first-order valence-corrected chi connectivity index (χ1v) is 8.17. The zero-order chi connectivity index (χ0) is 15.6. The van der Waals surface area contributed by atoms with E-state index in [9.17, 15) is 18.0 Å². The van der Waals surface area contributed by atoms with Crippen molar-refractivity contribution in [1.82, 2.24) is 4.31 Å². The maximum Gasteiger partial charge on any atom is 0.243 e. The lowest BCUT2D eigenvalue weighted by atomic mass is 9.99. The molecule has 1 heterocycles. The SMILES string of the molecule is CC(=O)c1ccc(S(=O)(=O)N2CCC[C@H](C(N)=O)C2)cc1. The first-order chi connectivity index (χ1) is 9.82. The van der Waals surface area contributed by atoms with Crippen molar-refractivity contribution in [3.63, 3.8) is 0 Å². The lowest BCUT2D eigenvalue weighted by molar-refractivity contribution is -0.122. The molecule has 0 unspecified atom stereocenters. The molecule has 0 aromatic heterocycles. The second-order valence-electron chi connectivity index (χ2n) is 5.19. The number of ketones is 1. The molecule has 0 saturated carbocycles. The summed E-state index contributed by atoms with van der Waals surface area (Å²) in [7, 11) is -3.66. The minimum atomic E-state index is -3.66. The van der Waals surface area contributed by atoms with Gasteiger partial charge in [0.15, 0.2) is 5.78 Å². The van der Waals surface area contributed by atoms with Crippen LogP contribution < -0.4 is 5.73 Å². The number of Topliss-reactive ketones (excluding diaryl/α,β-unsaturated/α-hetero) is 1. The fourth-order valence-electron chi connectivity index (χ4n) is 2.40. The molecule has 6 nitrogen and oxygen atoms in total. The summed E-state index contributed by atoms with van der Waals surface area (Å²) in [5, 5.41) is 0. The Morgan fingerprint density at radius 3 is 2.38 bits per heavy atom. The van der Waals surface area contributed by atoms with Crippen LogP contribution in [0.25, 0.3) is 0 Å². The van der Waals surface area contributed by atoms with Gasteiger partial charge in [0, 0.05) is 18.7 Å². The normalized spacial score (nSPS) is 20.1. The molecule has 1 aromatic carbocycles. The van der Waals surface area contributed by atoms with Crippen LogP contribution in [0.4, 0.5) is 0 Å². The standard InChI is InChI=1S/C14H18N2O4S/c1-10(17)11-4-6-13(7-5-11)21(19,20)16-8-2-3-12(9-16)14(15)18/h4-7,12H,2-3,8-9H2,1H3,(H2,15,18)/t12-/m0/s1. The quantitative estimate of drug-likeness (QED) is 0.831. The first kappa shape index (κ1) is 15.7. The zero-order valence-corrected chi connectivity index (χ0v) is 12.6. The highest BCUT2D eigenvalue weighted by atomic mass is 32.2. The summed E-state index contributed by atoms with van der Waals surface area (Å²) in [6.07, 6.45) is 1.23. The Bertz CT molecular complexity index is 652. The van der Waals surface area contributed by atoms with Gasteiger partial charge < -0.3 is 5.73 Å². The molecule has 1 amide bonds. The zero-order valence-electron chi connectivity index (χ0n) is 11.8. The number of carbonyl (C=O) groups excluding carboxylic acids is 2. The number of benzene rings is 1. The molecule has 2 rings (SSSR count). The van der Waals surface area contributed by atoms with Gasteiger partial charge >= 0.3 is 0 Å². The van der Waals surface area contributed by atoms with Crippen LogP contribution in [0, 0.1) is 5.92 Å². The smallest absolute Gasteiger partial charge is 0.243 e. The highest BCUT2D eigenvalue weighted by molar-refractivity contribution is 7.89. The highest BCUT2D eigenvalue weighted by Gasteiger charge is 2.32. The monoisotopic (exact) mass is 310 g/mol. The molecule has 0 bridgehead atoms. The van der Waals surface area contributed by atoms with Crippen molar-refractivity contribution in [2.24, 2.45) is 11.7 Å². The third-order valence-electron chi connectivity index (χ3n) is 3.69. The van der Waals surface area contributed by atoms with Gasteiger partial charge in [0.05, 0.1) is 10.8 Å². The molecule has 1 aliphatic heterocycles. The van der Waals surface area contributed by atoms with Gasteiger partial charge in [0.25, 0.3) is 0 Å². The van der Waals surface area contributed by atoms with E-state index in [1.807, 2.05) is 0 Å². The fraction of sp³-hybridized carbons (Fsp3) is 0.429. The van der Waals surface area contributed by atoms with Crippen LogP contribution in [0.2, 0.25) is 0 Å². The van der Waals surface area contributed by atoms with Crippen LogP contribution in [0.3, 0.4) is 0 Å². The summed E-state index contributed by atoms with van der Waals surface area (Å²) in [4.78, 5) is 22.6. The van der Waals surface area contributed by atoms with Crippen molar-refractivity contribution >= 4 is 21.7 Å². The number of amides is 1. The lowest BCUT2D eigenvalue weighted by Gasteiger charge is -2.30. The van der Waals surface area contributed by atoms with Crippen molar-refractivity contribution in [2.45, 2.75) is 24.7 Å². The van der Waals surface area contributed by atoms with Crippen LogP contribution in [0.5, 0.6) is 0 Å². The van der Waals surface area contributed by atoms with E-state index in [0.717, 1.165) is 0 Å². The van der Waals surface area contributed by atoms with E-state index < -0.39 is 21.8 Å². The first-order valence-electron chi connectivity index (χ1n) is 6.73. The van der Waals surface area contributed by atoms with E-state index in [1.54, 1.807) is 0 Å². The maximum atomic E-state index is 12.5. The highest BCUT2D eigenvalue weighted by Crippen LogP contribution is 2.23. The van der Waals surface area contributed by atoms with Crippen LogP contribution in [-0.2, 0) is 14.8 Å². The fourth-order valence-corrected chi connectivity index (χ4v) is 3.93. The van der Waals surface area contributed by atoms with Crippen molar-refractivity contribution in [1.29, 1.82) is 0 Å². The molecular weight excluding hydrogens is 292 g/mol. The Hall–Kier alpha value is -1.73. The second kappa shape index (κ2) is 5.95. The molecule has 1 fully saturated rings. The Balaban J connectivity index is 2.24. The molecule has 7 heteroatoms. The van der Waals surface area contributed by atoms with Gasteiger partial charge in [-0.05, 0) is 31.9 Å². The number of piperidine rings is 1. The minimum Gasteiger partial charge on any atom is -0.369 e. The molecule has 1 saturated heterocycles. The largest absolute Gasteiger partial charge is 0.369 e. The van der Waals surface area contributed by atoms with Gasteiger partial charge in [-0.3, -0.25) is 9.59 Å². The van der Waals surface area contributed by atoms with Crippen LogP contribution >= 0.6 is 0 Å². The van der Waals surface area contributed by atoms with E-state index in [2.05, 4.69) is 0 Å². The predicted molar refractivity (Wildman–Crippen MR) is 77.1 cm³/mol. The number of nitrogens with zero attached hydrogens (tertiary/aromatic N) is 1. The lowest BCUT2D eigenvalue weighted by Crippen LogP contribution is -2.44. The number of sulfonamides is 1. The Kier molecular flexibility index (Phi) is 4.43. The molecule has 0 spiro atoms. The summed E-state index contributed by atoms with van der Waals surface area (Å²) < 4.78 is 26.3. The summed E-state index contributed by atoms with van der Waals surface area (Å²) >= 11 is 0. The minimum absolute atomic E-state index is 0.117. The molecule has 1 atom stereocenters. The van der Waals surface area contributed by atoms with Crippen molar-refractivity contribution in [2.75, 3.05) is 13.1 Å². The van der Waals surface area contributed by atoms with Crippen LogP contribution in [-0.4, -0.2) is 37.5 Å². The van der Waals surface area contributed by atoms with Crippen molar-refractivity contribution in [3.05, 3.63) is 29.8 Å². The maximum absolute atomic E-state index is 12.5. The van der Waals surface area contributed by atoms with E-state index in [0.29, 0.717) is 24.9 Å². The summed E-state index contributed by atoms with van der Waals surface area (Å²) in [6.45, 7) is 1.91. The molecular formula is C14H18N2O4S. The van der Waals surface area contributed by atoms with Gasteiger partial charge in [-0.2, -0.15) is 4.31 Å². The average Bonchev–Trinajstić information content (AvgIpc) is 2.47. The molecule has 21 heavy (non-hydrogen) atoms. The molecule has 1 aliphatic rings. The van der Waals surface area contributed by atoms with E-state index in [-0.39, 0.29) is 17.2 Å². The summed E-state index contributed by atoms with van der Waals surface area (Å²) in [5.74, 6) is -1.03. The third kappa shape index (κ3) is 3.30. The van der Waals surface area contributed by atoms with Gasteiger partial charge in [-0.15, -0.1) is 0 Å². The van der Waals surface area contributed by atoms with Gasteiger partial charge in [-0.25, -0.2) is 8.42 Å². The average molecular weight is 310 g/mol. The van der Waals surface area contributed by atoms with Gasteiger partial charge in [0.2, 0.25) is 15.9 Å². The third-order valence-corrected chi connectivity index (χ3v) is 5.56. The van der Waals surface area contributed by atoms with Crippen molar-refractivity contribution < 1.29 is 18.0 Å². The van der Waals surface area contributed by atoms with Gasteiger partial charge in [0.1, 0.15) is 0 Å². The molecule has 2 N–H and O–H groups in total. The van der Waals surface area contributed by atoms with Crippen molar-refractivity contribution in [3.8, 4) is 0 Å². The summed E-state index contributed by atoms with van der Waals surface area (Å²) in [5.41, 5.74) is 5.73. The summed E-state index contributed by atoms with van der Waals surface area (Å²) in [6, 6.07) is 5.81. The number of hydrogen-bond acceptors (Lipinski definition) is 4. The van der Waals surface area contributed by atoms with E-state index >= 15 is 0 Å². The Morgan fingerprint density at radius 1 is 1.24 bits per heavy atom. The van der Waals surface area contributed by atoms with Crippen LogP contribution in [0.15, 0.2) is 29.2 Å². The molecule has 0 aliphatic carbocycles. The van der Waals surface area contributed by atoms with Gasteiger partial charge in [-0.1, -0.05) is 12.1 Å². The molecule has 114 valence electrons. The number of hydrogen-bond donors (Lipinski definition) is 1. The second-order valence-corrected chi connectivity index (χ2v) is 7.12. The predicted octanol–water partition coefficient (Wildman–Crippen LogP) is 0.775. The molecule has 0 radical (unpaired) electrons. The number of primary amides is 1. The topological polar surface area (TPSA) is 97.5 Å². The number of nitrogens with two attached hydrogens (primary N) is 1. The Morgan fingerprint density at radius 2 is 1.86 bits per heavy atom. The number of rotatable bonds is 4. The number of carbonyl (C=O) groups is 2. The van der Waals surface area contributed by atoms with E-state index in [1.165, 1.54) is 35.5 Å². The van der Waals surface area contributed by atoms with E-state index in [4.69, 9.17) is 5.73 Å². The Labute approximate surface area is 124 Å².